The van der Waals surface area contributed by atoms with E-state index in [1.165, 1.54) is 37.8 Å². The van der Waals surface area contributed by atoms with Crippen LogP contribution in [0.3, 0.4) is 0 Å². The maximum absolute atomic E-state index is 3.38. The van der Waals surface area contributed by atoms with Crippen LogP contribution < -0.4 is 5.32 Å². The third kappa shape index (κ3) is 3.58. The van der Waals surface area contributed by atoms with Crippen LogP contribution in [0.5, 0.6) is 0 Å². The molecule has 0 saturated heterocycles. The summed E-state index contributed by atoms with van der Waals surface area (Å²) in [6.45, 7) is 6.04. The molecular formula is C17H27N. The molecule has 1 heteroatoms. The highest BCUT2D eigenvalue weighted by Gasteiger charge is 2.34. The van der Waals surface area contributed by atoms with Gasteiger partial charge >= 0.3 is 0 Å². The van der Waals surface area contributed by atoms with E-state index in [-0.39, 0.29) is 0 Å². The highest BCUT2D eigenvalue weighted by molar-refractivity contribution is 5.15. The topological polar surface area (TPSA) is 12.0 Å². The van der Waals surface area contributed by atoms with Gasteiger partial charge in [-0.15, -0.1) is 0 Å². The Balaban J connectivity index is 2.05. The molecule has 0 aliphatic heterocycles. The van der Waals surface area contributed by atoms with Crippen molar-refractivity contribution >= 4 is 0 Å². The maximum atomic E-state index is 3.38. The molecule has 0 heterocycles. The monoisotopic (exact) mass is 245 g/mol. The van der Waals surface area contributed by atoms with Crippen molar-refractivity contribution in [2.75, 3.05) is 13.6 Å². The average molecular weight is 245 g/mol. The van der Waals surface area contributed by atoms with Gasteiger partial charge < -0.3 is 5.32 Å². The van der Waals surface area contributed by atoms with Gasteiger partial charge in [-0.1, -0.05) is 44.2 Å². The van der Waals surface area contributed by atoms with Gasteiger partial charge in [-0.05, 0) is 62.1 Å². The number of hydrogen-bond acceptors (Lipinski definition) is 1. The second kappa shape index (κ2) is 5.88. The highest BCUT2D eigenvalue weighted by Crippen LogP contribution is 2.42. The Kier molecular flexibility index (Phi) is 4.45. The molecule has 18 heavy (non-hydrogen) atoms. The van der Waals surface area contributed by atoms with Crippen LogP contribution in [0.1, 0.15) is 38.7 Å². The van der Waals surface area contributed by atoms with Gasteiger partial charge in [0.15, 0.2) is 0 Å². The Hall–Kier alpha value is -0.820. The zero-order valence-electron chi connectivity index (χ0n) is 12.1. The molecule has 2 atom stereocenters. The fourth-order valence-electron chi connectivity index (χ4n) is 3.48. The van der Waals surface area contributed by atoms with E-state index in [1.54, 1.807) is 0 Å². The molecule has 1 aliphatic carbocycles. The summed E-state index contributed by atoms with van der Waals surface area (Å²) in [6.07, 6.45) is 5.38. The summed E-state index contributed by atoms with van der Waals surface area (Å²) in [5.74, 6) is 1.69. The van der Waals surface area contributed by atoms with Crippen LogP contribution in [0.2, 0.25) is 0 Å². The van der Waals surface area contributed by atoms with E-state index in [9.17, 15) is 0 Å². The minimum absolute atomic E-state index is 0.531. The van der Waals surface area contributed by atoms with Gasteiger partial charge in [0.25, 0.3) is 0 Å². The fraction of sp³-hybridized carbons (Fsp3) is 0.647. The number of nitrogens with one attached hydrogen (secondary N) is 1. The van der Waals surface area contributed by atoms with E-state index >= 15 is 0 Å². The van der Waals surface area contributed by atoms with Crippen LogP contribution in [0.25, 0.3) is 0 Å². The predicted molar refractivity (Wildman–Crippen MR) is 78.7 cm³/mol. The van der Waals surface area contributed by atoms with Crippen molar-refractivity contribution in [2.45, 2.75) is 39.5 Å². The number of hydrogen-bond donors (Lipinski definition) is 1. The van der Waals surface area contributed by atoms with E-state index in [4.69, 9.17) is 0 Å². The first-order valence-electron chi connectivity index (χ1n) is 7.29. The second-order valence-corrected chi connectivity index (χ2v) is 6.67. The van der Waals surface area contributed by atoms with Crippen molar-refractivity contribution in [3.63, 3.8) is 0 Å². The molecular weight excluding hydrogens is 218 g/mol. The molecule has 2 rings (SSSR count). The van der Waals surface area contributed by atoms with Gasteiger partial charge in [-0.2, -0.15) is 0 Å². The molecule has 100 valence electrons. The number of benzene rings is 1. The lowest BCUT2D eigenvalue weighted by Crippen LogP contribution is -2.36. The van der Waals surface area contributed by atoms with Crippen LogP contribution in [0.4, 0.5) is 0 Å². The lowest BCUT2D eigenvalue weighted by atomic mass is 9.65. The Morgan fingerprint density at radius 1 is 1.17 bits per heavy atom. The van der Waals surface area contributed by atoms with Gasteiger partial charge in [-0.3, -0.25) is 0 Å². The van der Waals surface area contributed by atoms with Crippen molar-refractivity contribution in [1.82, 2.24) is 5.32 Å². The van der Waals surface area contributed by atoms with Crippen molar-refractivity contribution in [2.24, 2.45) is 17.3 Å². The van der Waals surface area contributed by atoms with Gasteiger partial charge in [0.05, 0.1) is 0 Å². The first kappa shape index (κ1) is 13.6. The van der Waals surface area contributed by atoms with Crippen LogP contribution in [-0.4, -0.2) is 13.6 Å². The summed E-state index contributed by atoms with van der Waals surface area (Å²) in [4.78, 5) is 0. The molecule has 1 aromatic carbocycles. The van der Waals surface area contributed by atoms with Gasteiger partial charge in [0.1, 0.15) is 0 Å². The predicted octanol–water partition coefficient (Wildman–Crippen LogP) is 3.89. The molecule has 0 spiro atoms. The van der Waals surface area contributed by atoms with E-state index in [1.807, 2.05) is 0 Å². The molecule has 0 radical (unpaired) electrons. The quantitative estimate of drug-likeness (QED) is 0.848. The minimum Gasteiger partial charge on any atom is -0.319 e. The highest BCUT2D eigenvalue weighted by atomic mass is 14.8. The lowest BCUT2D eigenvalue weighted by molar-refractivity contribution is 0.117. The SMILES string of the molecule is CNCC1CCC(C)(C)CC1Cc1ccccc1. The van der Waals surface area contributed by atoms with Crippen molar-refractivity contribution < 1.29 is 0 Å². The molecule has 1 aliphatic rings. The van der Waals surface area contributed by atoms with E-state index < -0.39 is 0 Å². The summed E-state index contributed by atoms with van der Waals surface area (Å²) in [5.41, 5.74) is 2.03. The molecule has 0 aromatic heterocycles. The van der Waals surface area contributed by atoms with Crippen LogP contribution in [0.15, 0.2) is 30.3 Å². The van der Waals surface area contributed by atoms with Crippen molar-refractivity contribution in [1.29, 1.82) is 0 Å². The largest absolute Gasteiger partial charge is 0.319 e. The lowest BCUT2D eigenvalue weighted by Gasteiger charge is -2.41. The normalized spacial score (nSPS) is 27.1. The van der Waals surface area contributed by atoms with Gasteiger partial charge in [-0.25, -0.2) is 0 Å². The summed E-state index contributed by atoms with van der Waals surface area (Å²) in [5, 5.41) is 3.38. The molecule has 1 N–H and O–H groups in total. The Bertz CT molecular complexity index is 355. The Labute approximate surface area is 112 Å². The molecule has 1 fully saturated rings. The van der Waals surface area contributed by atoms with Gasteiger partial charge in [0.2, 0.25) is 0 Å². The molecule has 0 bridgehead atoms. The third-order valence-corrected chi connectivity index (χ3v) is 4.48. The van der Waals surface area contributed by atoms with Crippen molar-refractivity contribution in [3.05, 3.63) is 35.9 Å². The van der Waals surface area contributed by atoms with E-state index in [0.29, 0.717) is 5.41 Å². The summed E-state index contributed by atoms with van der Waals surface area (Å²) >= 11 is 0. The first-order chi connectivity index (χ1) is 8.61. The van der Waals surface area contributed by atoms with Gasteiger partial charge in [0, 0.05) is 0 Å². The average Bonchev–Trinajstić information content (AvgIpc) is 2.34. The Morgan fingerprint density at radius 2 is 1.89 bits per heavy atom. The molecule has 2 unspecified atom stereocenters. The second-order valence-electron chi connectivity index (χ2n) is 6.67. The molecule has 1 aromatic rings. The fourth-order valence-corrected chi connectivity index (χ4v) is 3.48. The summed E-state index contributed by atoms with van der Waals surface area (Å²) in [7, 11) is 2.08. The molecule has 0 amide bonds. The third-order valence-electron chi connectivity index (χ3n) is 4.48. The zero-order chi connectivity index (χ0) is 13.0. The summed E-state index contributed by atoms with van der Waals surface area (Å²) in [6, 6.07) is 11.0. The van der Waals surface area contributed by atoms with E-state index in [0.717, 1.165) is 11.8 Å². The smallest absolute Gasteiger partial charge is 0.00207 e. The molecule has 1 nitrogen and oxygen atoms in total. The maximum Gasteiger partial charge on any atom is -0.00207 e. The summed E-state index contributed by atoms with van der Waals surface area (Å²) < 4.78 is 0. The standard InChI is InChI=1S/C17H27N/c1-17(2)10-9-15(13-18-3)16(12-17)11-14-7-5-4-6-8-14/h4-8,15-16,18H,9-13H2,1-3H3. The first-order valence-corrected chi connectivity index (χ1v) is 7.29. The van der Waals surface area contributed by atoms with Crippen molar-refractivity contribution in [3.8, 4) is 0 Å². The number of rotatable bonds is 4. The van der Waals surface area contributed by atoms with Crippen LogP contribution in [-0.2, 0) is 6.42 Å². The van der Waals surface area contributed by atoms with Crippen LogP contribution >= 0.6 is 0 Å². The zero-order valence-corrected chi connectivity index (χ0v) is 12.1. The van der Waals surface area contributed by atoms with Crippen LogP contribution in [0, 0.1) is 17.3 Å². The molecule has 1 saturated carbocycles. The van der Waals surface area contributed by atoms with E-state index in [2.05, 4.69) is 56.5 Å². The Morgan fingerprint density at radius 3 is 2.56 bits per heavy atom. The minimum atomic E-state index is 0.531.